The number of amides is 1. The summed E-state index contributed by atoms with van der Waals surface area (Å²) in [7, 11) is -4.36. The van der Waals surface area contributed by atoms with E-state index in [9.17, 15) is 17.8 Å². The second kappa shape index (κ2) is 8.13. The zero-order valence-corrected chi connectivity index (χ0v) is 15.1. The maximum Gasteiger partial charge on any atom is 0.294 e. The lowest BCUT2D eigenvalue weighted by Gasteiger charge is -2.21. The number of carbonyl (C=O) groups excluding carboxylic acids is 1. The first-order chi connectivity index (χ1) is 11.8. The summed E-state index contributed by atoms with van der Waals surface area (Å²) >= 11 is 0. The van der Waals surface area contributed by atoms with Gasteiger partial charge in [-0.05, 0) is 43.7 Å². The van der Waals surface area contributed by atoms with Crippen LogP contribution in [0.25, 0.3) is 0 Å². The highest BCUT2D eigenvalue weighted by Gasteiger charge is 2.17. The van der Waals surface area contributed by atoms with Gasteiger partial charge in [0, 0.05) is 24.5 Å². The highest BCUT2D eigenvalue weighted by Crippen LogP contribution is 2.20. The Hall–Kier alpha value is -2.38. The highest BCUT2D eigenvalue weighted by molar-refractivity contribution is 7.85. The molecule has 0 aliphatic heterocycles. The summed E-state index contributed by atoms with van der Waals surface area (Å²) in [6.07, 6.45) is -0.147. The summed E-state index contributed by atoms with van der Waals surface area (Å²) in [4.78, 5) is 14.2. The number of benzene rings is 2. The molecule has 0 saturated heterocycles. The average molecular weight is 362 g/mol. The first kappa shape index (κ1) is 19.0. The molecule has 0 aliphatic rings. The predicted molar refractivity (Wildman–Crippen MR) is 98.6 cm³/mol. The third kappa shape index (κ3) is 5.04. The first-order valence-corrected chi connectivity index (χ1v) is 9.49. The molecule has 7 heteroatoms. The lowest BCUT2D eigenvalue weighted by atomic mass is 10.1. The Labute approximate surface area is 148 Å². The van der Waals surface area contributed by atoms with Gasteiger partial charge in [-0.2, -0.15) is 8.42 Å². The fourth-order valence-electron chi connectivity index (χ4n) is 2.65. The van der Waals surface area contributed by atoms with E-state index in [-0.39, 0.29) is 22.8 Å². The molecule has 2 aromatic carbocycles. The minimum absolute atomic E-state index is 0.147. The van der Waals surface area contributed by atoms with E-state index < -0.39 is 10.1 Å². The van der Waals surface area contributed by atoms with Gasteiger partial charge in [-0.15, -0.1) is 0 Å². The van der Waals surface area contributed by atoms with Gasteiger partial charge in [0.15, 0.2) is 0 Å². The van der Waals surface area contributed by atoms with Crippen LogP contribution in [0, 0.1) is 0 Å². The molecule has 0 radical (unpaired) electrons. The van der Waals surface area contributed by atoms with Gasteiger partial charge in [-0.1, -0.05) is 24.3 Å². The van der Waals surface area contributed by atoms with E-state index in [0.29, 0.717) is 5.69 Å². The molecule has 0 unspecified atom stereocenters. The van der Waals surface area contributed by atoms with Crippen molar-refractivity contribution in [3.8, 4) is 0 Å². The monoisotopic (exact) mass is 362 g/mol. The molecule has 0 atom stereocenters. The van der Waals surface area contributed by atoms with Crippen molar-refractivity contribution in [2.75, 3.05) is 23.3 Å². The Morgan fingerprint density at radius 3 is 2.40 bits per heavy atom. The predicted octanol–water partition coefficient (Wildman–Crippen LogP) is 2.96. The lowest BCUT2D eigenvalue weighted by molar-refractivity contribution is -0.115. The Balaban J connectivity index is 2.16. The van der Waals surface area contributed by atoms with Gasteiger partial charge in [-0.3, -0.25) is 9.35 Å². The van der Waals surface area contributed by atoms with Crippen molar-refractivity contribution >= 4 is 27.4 Å². The van der Waals surface area contributed by atoms with Crippen molar-refractivity contribution in [1.29, 1.82) is 0 Å². The molecule has 25 heavy (non-hydrogen) atoms. The molecule has 0 saturated carbocycles. The van der Waals surface area contributed by atoms with Crippen molar-refractivity contribution in [2.24, 2.45) is 0 Å². The normalized spacial score (nSPS) is 11.2. The van der Waals surface area contributed by atoms with Crippen LogP contribution in [-0.2, 0) is 21.3 Å². The van der Waals surface area contributed by atoms with E-state index >= 15 is 0 Å². The fraction of sp³-hybridized carbons (Fsp3) is 0.278. The lowest BCUT2D eigenvalue weighted by Crippen LogP contribution is -2.22. The van der Waals surface area contributed by atoms with E-state index in [1.165, 1.54) is 18.2 Å². The molecule has 2 rings (SSSR count). The van der Waals surface area contributed by atoms with E-state index in [2.05, 4.69) is 24.1 Å². The second-order valence-corrected chi connectivity index (χ2v) is 6.92. The maximum absolute atomic E-state index is 12.3. The Bertz CT molecular complexity index is 846. The van der Waals surface area contributed by atoms with Crippen molar-refractivity contribution in [3.05, 3.63) is 54.1 Å². The molecule has 0 fully saturated rings. The number of rotatable bonds is 7. The Kier molecular flexibility index (Phi) is 6.17. The van der Waals surface area contributed by atoms with E-state index in [4.69, 9.17) is 0 Å². The quantitative estimate of drug-likeness (QED) is 0.740. The zero-order chi connectivity index (χ0) is 18.4. The topological polar surface area (TPSA) is 86.7 Å². The summed E-state index contributed by atoms with van der Waals surface area (Å²) in [6, 6.07) is 13.4. The zero-order valence-electron chi connectivity index (χ0n) is 14.3. The number of nitrogens with one attached hydrogen (secondary N) is 1. The van der Waals surface area contributed by atoms with Gasteiger partial charge in [-0.25, -0.2) is 0 Å². The van der Waals surface area contributed by atoms with Crippen LogP contribution in [-0.4, -0.2) is 32.0 Å². The Morgan fingerprint density at radius 1 is 1.08 bits per heavy atom. The Morgan fingerprint density at radius 2 is 1.76 bits per heavy atom. The van der Waals surface area contributed by atoms with E-state index in [1.54, 1.807) is 12.1 Å². The van der Waals surface area contributed by atoms with Gasteiger partial charge in [0.05, 0.1) is 11.3 Å². The minimum atomic E-state index is -4.36. The van der Waals surface area contributed by atoms with Crippen LogP contribution in [0.4, 0.5) is 11.4 Å². The number of anilines is 2. The minimum Gasteiger partial charge on any atom is -0.372 e. The van der Waals surface area contributed by atoms with Gasteiger partial charge in [0.25, 0.3) is 10.1 Å². The van der Waals surface area contributed by atoms with Crippen molar-refractivity contribution < 1.29 is 17.8 Å². The van der Waals surface area contributed by atoms with Gasteiger partial charge < -0.3 is 10.2 Å². The molecule has 0 heterocycles. The molecule has 0 spiro atoms. The molecule has 1 amide bonds. The fourth-order valence-corrected chi connectivity index (χ4v) is 3.37. The summed E-state index contributed by atoms with van der Waals surface area (Å²) in [5.74, 6) is -0.354. The summed E-state index contributed by atoms with van der Waals surface area (Å²) in [5.41, 5.74) is 1.89. The number of hydrogen-bond donors (Lipinski definition) is 2. The van der Waals surface area contributed by atoms with Crippen LogP contribution >= 0.6 is 0 Å². The molecule has 0 aromatic heterocycles. The van der Waals surface area contributed by atoms with Gasteiger partial charge in [0.1, 0.15) is 0 Å². The SMILES string of the molecule is CCN(CC)c1cccc(NC(=O)Cc2ccccc2S(=O)(=O)O)c1. The number of carbonyl (C=O) groups is 1. The molecule has 2 N–H and O–H groups in total. The maximum atomic E-state index is 12.3. The molecular formula is C18H22N2O4S. The number of nitrogens with zero attached hydrogens (tertiary/aromatic N) is 1. The van der Waals surface area contributed by atoms with Crippen LogP contribution in [0.1, 0.15) is 19.4 Å². The van der Waals surface area contributed by atoms with Crippen molar-refractivity contribution in [1.82, 2.24) is 0 Å². The van der Waals surface area contributed by atoms with E-state index in [0.717, 1.165) is 18.8 Å². The third-order valence-electron chi connectivity index (χ3n) is 3.86. The average Bonchev–Trinajstić information content (AvgIpc) is 2.56. The molecule has 6 nitrogen and oxygen atoms in total. The van der Waals surface area contributed by atoms with E-state index in [1.807, 2.05) is 18.2 Å². The summed E-state index contributed by atoms with van der Waals surface area (Å²) < 4.78 is 32.1. The second-order valence-electron chi connectivity index (χ2n) is 5.53. The highest BCUT2D eigenvalue weighted by atomic mass is 32.2. The molecular weight excluding hydrogens is 340 g/mol. The standard InChI is InChI=1S/C18H22N2O4S/c1-3-20(4-2)16-10-7-9-15(13-16)19-18(21)12-14-8-5-6-11-17(14)25(22,23)24/h5-11,13H,3-4,12H2,1-2H3,(H,19,21)(H,22,23,24). The smallest absolute Gasteiger partial charge is 0.294 e. The summed E-state index contributed by atoms with van der Waals surface area (Å²) in [5, 5.41) is 2.77. The van der Waals surface area contributed by atoms with Crippen LogP contribution < -0.4 is 10.2 Å². The number of hydrogen-bond acceptors (Lipinski definition) is 4. The van der Waals surface area contributed by atoms with Crippen molar-refractivity contribution in [2.45, 2.75) is 25.2 Å². The van der Waals surface area contributed by atoms with Gasteiger partial charge >= 0.3 is 0 Å². The largest absolute Gasteiger partial charge is 0.372 e. The van der Waals surface area contributed by atoms with Crippen LogP contribution in [0.5, 0.6) is 0 Å². The molecule has 134 valence electrons. The molecule has 2 aromatic rings. The van der Waals surface area contributed by atoms with Crippen molar-refractivity contribution in [3.63, 3.8) is 0 Å². The first-order valence-electron chi connectivity index (χ1n) is 8.05. The van der Waals surface area contributed by atoms with Gasteiger partial charge in [0.2, 0.25) is 5.91 Å². The van der Waals surface area contributed by atoms with Crippen LogP contribution in [0.15, 0.2) is 53.4 Å². The summed E-state index contributed by atoms with van der Waals surface area (Å²) in [6.45, 7) is 5.83. The van der Waals surface area contributed by atoms with Crippen LogP contribution in [0.3, 0.4) is 0 Å². The van der Waals surface area contributed by atoms with Crippen LogP contribution in [0.2, 0.25) is 0 Å². The third-order valence-corrected chi connectivity index (χ3v) is 4.81. The molecule has 0 bridgehead atoms. The molecule has 0 aliphatic carbocycles.